The second kappa shape index (κ2) is 5.47. The molecule has 5 rings (SSSR count). The molecule has 2 amide bonds. The SMILES string of the molecule is C=C(C)C[C@@H]1c2[nH]c3ccccc3c2C[C@H]2C(=O)N3CCC[C@H]3C(=O)N12. The van der Waals surface area contributed by atoms with E-state index in [9.17, 15) is 9.59 Å². The van der Waals surface area contributed by atoms with Crippen molar-refractivity contribution >= 4 is 22.7 Å². The molecule has 2 saturated heterocycles. The first kappa shape index (κ1) is 15.7. The van der Waals surface area contributed by atoms with Crippen LogP contribution in [0.1, 0.15) is 43.5 Å². The Hall–Kier alpha value is -2.56. The van der Waals surface area contributed by atoms with E-state index in [2.05, 4.69) is 23.7 Å². The second-order valence-corrected chi connectivity index (χ2v) is 7.89. The fourth-order valence-corrected chi connectivity index (χ4v) is 5.07. The van der Waals surface area contributed by atoms with E-state index in [1.165, 1.54) is 5.56 Å². The highest BCUT2D eigenvalue weighted by Crippen LogP contribution is 2.43. The molecule has 26 heavy (non-hydrogen) atoms. The summed E-state index contributed by atoms with van der Waals surface area (Å²) < 4.78 is 0. The summed E-state index contributed by atoms with van der Waals surface area (Å²) in [5.41, 5.74) is 4.36. The maximum absolute atomic E-state index is 13.3. The van der Waals surface area contributed by atoms with E-state index in [0.29, 0.717) is 19.4 Å². The van der Waals surface area contributed by atoms with E-state index in [1.807, 2.05) is 28.9 Å². The maximum Gasteiger partial charge on any atom is 0.246 e. The number of para-hydroxylation sites is 1. The van der Waals surface area contributed by atoms with Crippen molar-refractivity contribution in [3.8, 4) is 0 Å². The summed E-state index contributed by atoms with van der Waals surface area (Å²) in [4.78, 5) is 33.7. The number of hydrogen-bond acceptors (Lipinski definition) is 2. The average molecular weight is 349 g/mol. The van der Waals surface area contributed by atoms with Crippen molar-refractivity contribution in [3.05, 3.63) is 47.7 Å². The van der Waals surface area contributed by atoms with Crippen LogP contribution in [0.15, 0.2) is 36.4 Å². The van der Waals surface area contributed by atoms with Gasteiger partial charge in [0.1, 0.15) is 12.1 Å². The molecule has 5 heteroatoms. The lowest BCUT2D eigenvalue weighted by atomic mass is 9.86. The van der Waals surface area contributed by atoms with Gasteiger partial charge in [0.25, 0.3) is 0 Å². The van der Waals surface area contributed by atoms with Gasteiger partial charge in [-0.1, -0.05) is 23.8 Å². The zero-order valence-electron chi connectivity index (χ0n) is 15.0. The number of benzene rings is 1. The van der Waals surface area contributed by atoms with Crippen molar-refractivity contribution in [1.82, 2.24) is 14.8 Å². The summed E-state index contributed by atoms with van der Waals surface area (Å²) in [6, 6.07) is 7.43. The van der Waals surface area contributed by atoms with Crippen LogP contribution in [0.25, 0.3) is 10.9 Å². The molecule has 0 saturated carbocycles. The van der Waals surface area contributed by atoms with Gasteiger partial charge in [-0.25, -0.2) is 0 Å². The number of H-pyrrole nitrogens is 1. The van der Waals surface area contributed by atoms with E-state index >= 15 is 0 Å². The molecular weight excluding hydrogens is 326 g/mol. The van der Waals surface area contributed by atoms with Gasteiger partial charge >= 0.3 is 0 Å². The Balaban J connectivity index is 1.69. The fraction of sp³-hybridized carbons (Fsp3) is 0.429. The quantitative estimate of drug-likeness (QED) is 0.848. The van der Waals surface area contributed by atoms with E-state index in [1.54, 1.807) is 0 Å². The van der Waals surface area contributed by atoms with Gasteiger partial charge in [0.05, 0.1) is 6.04 Å². The molecule has 2 fully saturated rings. The molecule has 1 aromatic carbocycles. The monoisotopic (exact) mass is 349 g/mol. The van der Waals surface area contributed by atoms with Gasteiger partial charge in [0.2, 0.25) is 11.8 Å². The van der Waals surface area contributed by atoms with Gasteiger partial charge in [-0.15, -0.1) is 6.58 Å². The summed E-state index contributed by atoms with van der Waals surface area (Å²) >= 11 is 0. The van der Waals surface area contributed by atoms with Crippen molar-refractivity contribution in [2.24, 2.45) is 0 Å². The van der Waals surface area contributed by atoms with Crippen LogP contribution in [0.5, 0.6) is 0 Å². The highest BCUT2D eigenvalue weighted by atomic mass is 16.2. The molecule has 4 heterocycles. The molecule has 0 aliphatic carbocycles. The number of amides is 2. The Bertz CT molecular complexity index is 944. The molecule has 0 spiro atoms. The number of hydrogen-bond donors (Lipinski definition) is 1. The predicted octanol–water partition coefficient (Wildman–Crippen LogP) is 2.93. The standard InChI is InChI=1S/C21H23N3O2/c1-12(2)10-17-19-14(13-6-3-4-7-15(13)22-19)11-18-20(25)23-9-5-8-16(23)21(26)24(17)18/h3-4,6-7,16-18,22H,1,5,8-11H2,2H3/t16-,17+,18-/m0/s1. The van der Waals surface area contributed by atoms with Crippen molar-refractivity contribution in [1.29, 1.82) is 0 Å². The largest absolute Gasteiger partial charge is 0.356 e. The lowest BCUT2D eigenvalue weighted by Crippen LogP contribution is -2.65. The summed E-state index contributed by atoms with van der Waals surface area (Å²) in [7, 11) is 0. The molecule has 2 aromatic rings. The highest BCUT2D eigenvalue weighted by molar-refractivity contribution is 5.99. The molecule has 3 aliphatic heterocycles. The van der Waals surface area contributed by atoms with Crippen LogP contribution < -0.4 is 0 Å². The van der Waals surface area contributed by atoms with Gasteiger partial charge in [0, 0.05) is 29.6 Å². The lowest BCUT2D eigenvalue weighted by molar-refractivity contribution is -0.163. The zero-order valence-corrected chi connectivity index (χ0v) is 15.0. The Labute approximate surface area is 152 Å². The third-order valence-corrected chi connectivity index (χ3v) is 6.15. The number of aromatic nitrogens is 1. The minimum Gasteiger partial charge on any atom is -0.356 e. The normalized spacial score (nSPS) is 27.5. The summed E-state index contributed by atoms with van der Waals surface area (Å²) in [6.45, 7) is 6.78. The molecular formula is C21H23N3O2. The van der Waals surface area contributed by atoms with Gasteiger partial charge in [-0.3, -0.25) is 9.59 Å². The molecule has 0 unspecified atom stereocenters. The van der Waals surface area contributed by atoms with Crippen molar-refractivity contribution in [2.75, 3.05) is 6.54 Å². The van der Waals surface area contributed by atoms with Crippen LogP contribution in [0, 0.1) is 0 Å². The minimum absolute atomic E-state index is 0.114. The van der Waals surface area contributed by atoms with Crippen molar-refractivity contribution in [2.45, 2.75) is 50.7 Å². The van der Waals surface area contributed by atoms with Gasteiger partial charge < -0.3 is 14.8 Å². The van der Waals surface area contributed by atoms with E-state index in [0.717, 1.165) is 35.0 Å². The Kier molecular flexibility index (Phi) is 3.30. The Morgan fingerprint density at radius 1 is 1.23 bits per heavy atom. The molecule has 0 radical (unpaired) electrons. The molecule has 1 aromatic heterocycles. The number of piperazine rings is 1. The Morgan fingerprint density at radius 3 is 2.85 bits per heavy atom. The third-order valence-electron chi connectivity index (χ3n) is 6.15. The van der Waals surface area contributed by atoms with Gasteiger partial charge in [-0.05, 0) is 37.8 Å². The summed E-state index contributed by atoms with van der Waals surface area (Å²) in [5.74, 6) is 0.234. The van der Waals surface area contributed by atoms with Crippen LogP contribution in [0.4, 0.5) is 0 Å². The van der Waals surface area contributed by atoms with Crippen LogP contribution >= 0.6 is 0 Å². The van der Waals surface area contributed by atoms with Gasteiger partial charge in [-0.2, -0.15) is 0 Å². The van der Waals surface area contributed by atoms with E-state index < -0.39 is 0 Å². The third kappa shape index (κ3) is 2.03. The first-order valence-electron chi connectivity index (χ1n) is 9.43. The zero-order chi connectivity index (χ0) is 18.0. The second-order valence-electron chi connectivity index (χ2n) is 7.89. The number of carbonyl (C=O) groups is 2. The molecule has 5 nitrogen and oxygen atoms in total. The van der Waals surface area contributed by atoms with Crippen molar-refractivity contribution < 1.29 is 9.59 Å². The van der Waals surface area contributed by atoms with Crippen LogP contribution in [0.3, 0.4) is 0 Å². The molecule has 3 atom stereocenters. The molecule has 134 valence electrons. The number of fused-ring (bicyclic) bond motifs is 5. The number of aromatic amines is 1. The minimum atomic E-state index is -0.382. The number of nitrogens with one attached hydrogen (secondary N) is 1. The lowest BCUT2D eigenvalue weighted by Gasteiger charge is -2.48. The number of carbonyl (C=O) groups excluding carboxylic acids is 2. The fourth-order valence-electron chi connectivity index (χ4n) is 5.07. The maximum atomic E-state index is 13.3. The molecule has 3 aliphatic rings. The highest BCUT2D eigenvalue weighted by Gasteiger charge is 2.52. The smallest absolute Gasteiger partial charge is 0.246 e. The average Bonchev–Trinajstić information content (AvgIpc) is 3.24. The molecule has 1 N–H and O–H groups in total. The Morgan fingerprint density at radius 2 is 2.04 bits per heavy atom. The van der Waals surface area contributed by atoms with Crippen molar-refractivity contribution in [3.63, 3.8) is 0 Å². The predicted molar refractivity (Wildman–Crippen MR) is 99.5 cm³/mol. The van der Waals surface area contributed by atoms with Gasteiger partial charge in [0.15, 0.2) is 0 Å². The first-order chi connectivity index (χ1) is 12.6. The van der Waals surface area contributed by atoms with Crippen LogP contribution in [-0.2, 0) is 16.0 Å². The van der Waals surface area contributed by atoms with Crippen LogP contribution in [0.2, 0.25) is 0 Å². The van der Waals surface area contributed by atoms with E-state index in [4.69, 9.17) is 0 Å². The summed E-state index contributed by atoms with van der Waals surface area (Å²) in [6.07, 6.45) is 2.98. The summed E-state index contributed by atoms with van der Waals surface area (Å²) in [5, 5.41) is 1.16. The van der Waals surface area contributed by atoms with Crippen LogP contribution in [-0.4, -0.2) is 45.2 Å². The first-order valence-corrected chi connectivity index (χ1v) is 9.43. The van der Waals surface area contributed by atoms with E-state index in [-0.39, 0.29) is 29.9 Å². The topological polar surface area (TPSA) is 56.4 Å². The number of rotatable bonds is 2. The molecule has 0 bridgehead atoms. The number of nitrogens with zero attached hydrogens (tertiary/aromatic N) is 2.